The molecule has 0 aliphatic carbocycles. The van der Waals surface area contributed by atoms with Crippen LogP contribution in [0.3, 0.4) is 0 Å². The van der Waals surface area contributed by atoms with Crippen molar-refractivity contribution in [1.29, 1.82) is 0 Å². The number of hydrogen-bond acceptors (Lipinski definition) is 2. The molecule has 1 N–H and O–H groups in total. The number of amides is 2. The summed E-state index contributed by atoms with van der Waals surface area (Å²) in [4.78, 5) is 19.0. The molecule has 0 spiro atoms. The summed E-state index contributed by atoms with van der Waals surface area (Å²) in [7, 11) is 0. The maximum atomic E-state index is 12.5. The van der Waals surface area contributed by atoms with E-state index in [0.29, 0.717) is 19.0 Å². The standard InChI is InChI=1S/C23H21N3O2/c1-2-28-20-14-12-19(13-15-20)26-16-17-8-6-7-11-21(17)22(26)25-23(27)24-18-9-4-3-5-10-18/h3-15H,2,16H2,1H3,(H,24,27)/b25-22+. The molecule has 5 heteroatoms. The number of carbonyl (C=O) groups is 1. The Morgan fingerprint density at radius 1 is 1.00 bits per heavy atom. The van der Waals surface area contributed by atoms with Gasteiger partial charge >= 0.3 is 6.03 Å². The molecule has 0 unspecified atom stereocenters. The lowest BCUT2D eigenvalue weighted by Gasteiger charge is -2.19. The van der Waals surface area contributed by atoms with Crippen LogP contribution in [-0.2, 0) is 6.54 Å². The highest BCUT2D eigenvalue weighted by Gasteiger charge is 2.27. The van der Waals surface area contributed by atoms with E-state index >= 15 is 0 Å². The molecule has 5 nitrogen and oxygen atoms in total. The first-order valence-electron chi connectivity index (χ1n) is 9.28. The van der Waals surface area contributed by atoms with Crippen LogP contribution in [0.15, 0.2) is 83.9 Å². The third kappa shape index (κ3) is 3.74. The van der Waals surface area contributed by atoms with E-state index in [1.54, 1.807) is 0 Å². The summed E-state index contributed by atoms with van der Waals surface area (Å²) >= 11 is 0. The number of anilines is 2. The second-order valence-electron chi connectivity index (χ2n) is 6.40. The first-order valence-corrected chi connectivity index (χ1v) is 9.28. The number of para-hydroxylation sites is 1. The normalized spacial score (nSPS) is 14.0. The number of urea groups is 1. The van der Waals surface area contributed by atoms with Crippen molar-refractivity contribution in [2.45, 2.75) is 13.5 Å². The lowest BCUT2D eigenvalue weighted by atomic mass is 10.1. The molecule has 28 heavy (non-hydrogen) atoms. The molecule has 3 aromatic carbocycles. The van der Waals surface area contributed by atoms with E-state index in [9.17, 15) is 4.79 Å². The van der Waals surface area contributed by atoms with Crippen molar-refractivity contribution < 1.29 is 9.53 Å². The summed E-state index contributed by atoms with van der Waals surface area (Å²) in [5.74, 6) is 1.47. The zero-order valence-electron chi connectivity index (χ0n) is 15.6. The number of benzene rings is 3. The zero-order valence-corrected chi connectivity index (χ0v) is 15.6. The minimum Gasteiger partial charge on any atom is -0.494 e. The molecule has 2 amide bonds. The van der Waals surface area contributed by atoms with E-state index in [-0.39, 0.29) is 0 Å². The Morgan fingerprint density at radius 2 is 1.71 bits per heavy atom. The Kier molecular flexibility index (Phi) is 5.06. The molecule has 0 fully saturated rings. The summed E-state index contributed by atoms with van der Waals surface area (Å²) in [5.41, 5.74) is 3.80. The van der Waals surface area contributed by atoms with Gasteiger partial charge in [0.2, 0.25) is 0 Å². The average Bonchev–Trinajstić information content (AvgIpc) is 3.08. The predicted molar refractivity (Wildman–Crippen MR) is 112 cm³/mol. The fourth-order valence-corrected chi connectivity index (χ4v) is 3.26. The van der Waals surface area contributed by atoms with E-state index in [0.717, 1.165) is 28.3 Å². The van der Waals surface area contributed by atoms with E-state index < -0.39 is 6.03 Å². The number of carbonyl (C=O) groups excluding carboxylic acids is 1. The fourth-order valence-electron chi connectivity index (χ4n) is 3.26. The van der Waals surface area contributed by atoms with Crippen LogP contribution < -0.4 is 15.0 Å². The summed E-state index contributed by atoms with van der Waals surface area (Å²) in [5, 5.41) is 2.82. The number of fused-ring (bicyclic) bond motifs is 1. The molecule has 0 radical (unpaired) electrons. The Labute approximate surface area is 164 Å². The van der Waals surface area contributed by atoms with Gasteiger partial charge in [0.1, 0.15) is 11.6 Å². The maximum Gasteiger partial charge on any atom is 0.347 e. The third-order valence-electron chi connectivity index (χ3n) is 4.53. The molecular formula is C23H21N3O2. The number of amidine groups is 1. The number of nitrogens with zero attached hydrogens (tertiary/aromatic N) is 2. The Bertz CT molecular complexity index is 998. The quantitative estimate of drug-likeness (QED) is 0.695. The van der Waals surface area contributed by atoms with Crippen molar-refractivity contribution in [3.8, 4) is 5.75 Å². The number of nitrogens with one attached hydrogen (secondary N) is 1. The number of rotatable bonds is 4. The Morgan fingerprint density at radius 3 is 2.46 bits per heavy atom. The highest BCUT2D eigenvalue weighted by Crippen LogP contribution is 2.30. The van der Waals surface area contributed by atoms with Gasteiger partial charge in [-0.3, -0.25) is 0 Å². The zero-order chi connectivity index (χ0) is 19.3. The van der Waals surface area contributed by atoms with Gasteiger partial charge in [-0.25, -0.2) is 4.79 Å². The molecule has 1 heterocycles. The number of hydrogen-bond donors (Lipinski definition) is 1. The molecular weight excluding hydrogens is 350 g/mol. The van der Waals surface area contributed by atoms with Crippen LogP contribution in [0.25, 0.3) is 0 Å². The molecule has 1 aliphatic heterocycles. The molecule has 3 aromatic rings. The first kappa shape index (κ1) is 17.8. The largest absolute Gasteiger partial charge is 0.494 e. The van der Waals surface area contributed by atoms with Crippen molar-refractivity contribution >= 4 is 23.2 Å². The Balaban J connectivity index is 1.65. The molecule has 0 aromatic heterocycles. The minimum atomic E-state index is -0.395. The van der Waals surface area contributed by atoms with E-state index in [1.165, 1.54) is 0 Å². The van der Waals surface area contributed by atoms with Crippen molar-refractivity contribution in [2.24, 2.45) is 4.99 Å². The molecule has 1 aliphatic rings. The second kappa shape index (κ2) is 7.96. The lowest BCUT2D eigenvalue weighted by Crippen LogP contribution is -2.26. The van der Waals surface area contributed by atoms with E-state index in [2.05, 4.69) is 16.4 Å². The van der Waals surface area contributed by atoms with Crippen molar-refractivity contribution in [1.82, 2.24) is 0 Å². The van der Waals surface area contributed by atoms with Gasteiger partial charge in [0, 0.05) is 16.9 Å². The summed E-state index contributed by atoms with van der Waals surface area (Å²) in [6, 6.07) is 24.8. The molecule has 0 bridgehead atoms. The molecule has 0 saturated heterocycles. The van der Waals surface area contributed by atoms with Crippen molar-refractivity contribution in [3.05, 3.63) is 90.0 Å². The van der Waals surface area contributed by atoms with Crippen molar-refractivity contribution in [2.75, 3.05) is 16.8 Å². The van der Waals surface area contributed by atoms with E-state index in [1.807, 2.05) is 84.6 Å². The number of aliphatic imine (C=N–C) groups is 1. The highest BCUT2D eigenvalue weighted by molar-refractivity contribution is 6.18. The van der Waals surface area contributed by atoms with Crippen molar-refractivity contribution in [3.63, 3.8) is 0 Å². The maximum absolute atomic E-state index is 12.5. The monoisotopic (exact) mass is 371 g/mol. The van der Waals surface area contributed by atoms with Crippen LogP contribution in [0.2, 0.25) is 0 Å². The topological polar surface area (TPSA) is 53.9 Å². The van der Waals surface area contributed by atoms with Crippen LogP contribution in [-0.4, -0.2) is 18.5 Å². The molecule has 0 atom stereocenters. The summed E-state index contributed by atoms with van der Waals surface area (Å²) < 4.78 is 5.53. The van der Waals surface area contributed by atoms with Gasteiger partial charge in [0.05, 0.1) is 13.2 Å². The van der Waals surface area contributed by atoms with Gasteiger partial charge in [-0.2, -0.15) is 4.99 Å². The highest BCUT2D eigenvalue weighted by atomic mass is 16.5. The van der Waals surface area contributed by atoms with Crippen LogP contribution in [0.4, 0.5) is 16.2 Å². The minimum absolute atomic E-state index is 0.395. The van der Waals surface area contributed by atoms with Gasteiger partial charge in [-0.1, -0.05) is 42.5 Å². The average molecular weight is 371 g/mol. The van der Waals surface area contributed by atoms with Gasteiger partial charge in [0.25, 0.3) is 0 Å². The van der Waals surface area contributed by atoms with Gasteiger partial charge < -0.3 is 15.0 Å². The van der Waals surface area contributed by atoms with Gasteiger partial charge in [-0.05, 0) is 48.9 Å². The fraction of sp³-hybridized carbons (Fsp3) is 0.130. The molecule has 0 saturated carbocycles. The van der Waals surface area contributed by atoms with Crippen LogP contribution in [0, 0.1) is 0 Å². The van der Waals surface area contributed by atoms with Gasteiger partial charge in [0.15, 0.2) is 0 Å². The second-order valence-corrected chi connectivity index (χ2v) is 6.40. The predicted octanol–water partition coefficient (Wildman–Crippen LogP) is 5.08. The van der Waals surface area contributed by atoms with Gasteiger partial charge in [-0.15, -0.1) is 0 Å². The van der Waals surface area contributed by atoms with Crippen LogP contribution in [0.1, 0.15) is 18.1 Å². The summed E-state index contributed by atoms with van der Waals surface area (Å²) in [6.07, 6.45) is 0. The molecule has 4 rings (SSSR count). The first-order chi connectivity index (χ1) is 13.7. The summed E-state index contributed by atoms with van der Waals surface area (Å²) in [6.45, 7) is 3.25. The number of ether oxygens (including phenoxy) is 1. The van der Waals surface area contributed by atoms with Crippen LogP contribution >= 0.6 is 0 Å². The molecule has 140 valence electrons. The van der Waals surface area contributed by atoms with E-state index in [4.69, 9.17) is 4.74 Å². The SMILES string of the molecule is CCOc1ccc(N2Cc3ccccc3/C2=N\C(=O)Nc2ccccc2)cc1. The smallest absolute Gasteiger partial charge is 0.347 e. The lowest BCUT2D eigenvalue weighted by molar-refractivity contribution is 0.259. The Hall–Kier alpha value is -3.60. The van der Waals surface area contributed by atoms with Crippen LogP contribution in [0.5, 0.6) is 5.75 Å². The third-order valence-corrected chi connectivity index (χ3v) is 4.53.